The molecule has 5 rings (SSSR count). The number of oxazole rings is 1. The smallest absolute Gasteiger partial charge is 0.297 e. The van der Waals surface area contributed by atoms with Crippen molar-refractivity contribution in [2.75, 3.05) is 0 Å². The molecule has 2 aromatic carbocycles. The molecule has 0 spiro atoms. The molecule has 0 bridgehead atoms. The summed E-state index contributed by atoms with van der Waals surface area (Å²) in [6.45, 7) is 6.75. The number of para-hydroxylation sites is 1. The van der Waals surface area contributed by atoms with E-state index < -0.39 is 0 Å². The standard InChI is InChI=1S/C26H24ClN3O3S/c1-15(2)11-12-30-25(31)23-22(19-9-4-5-10-21(19)33-23)29-26(30)34-14-20-16(3)32-24(28-20)17-7-6-8-18(27)13-17/h4-10,13,15H,11-12,14H2,1-3H3. The number of hydrogen-bond donors (Lipinski definition) is 0. The SMILES string of the molecule is Cc1oc(-c2cccc(Cl)c2)nc1CSc1nc2c(oc3ccccc32)c(=O)n1CCC(C)C. The molecule has 3 aromatic heterocycles. The second-order valence-electron chi connectivity index (χ2n) is 8.63. The van der Waals surface area contributed by atoms with Gasteiger partial charge in [0.25, 0.3) is 5.56 Å². The van der Waals surface area contributed by atoms with Crippen molar-refractivity contribution in [3.63, 3.8) is 0 Å². The molecule has 3 heterocycles. The van der Waals surface area contributed by atoms with E-state index in [0.29, 0.717) is 51.0 Å². The van der Waals surface area contributed by atoms with Crippen LogP contribution >= 0.6 is 23.4 Å². The van der Waals surface area contributed by atoms with Crippen molar-refractivity contribution in [1.82, 2.24) is 14.5 Å². The quantitative estimate of drug-likeness (QED) is 0.178. The first-order valence-corrected chi connectivity index (χ1v) is 12.5. The molecular weight excluding hydrogens is 470 g/mol. The van der Waals surface area contributed by atoms with E-state index in [2.05, 4.69) is 18.8 Å². The van der Waals surface area contributed by atoms with Gasteiger partial charge in [0.2, 0.25) is 11.5 Å². The van der Waals surface area contributed by atoms with Gasteiger partial charge in [0.05, 0.1) is 5.69 Å². The second-order valence-corrected chi connectivity index (χ2v) is 10.0. The summed E-state index contributed by atoms with van der Waals surface area (Å²) in [5.74, 6) is 2.23. The van der Waals surface area contributed by atoms with Crippen LogP contribution in [-0.4, -0.2) is 14.5 Å². The van der Waals surface area contributed by atoms with Crippen LogP contribution in [0.15, 0.2) is 67.3 Å². The maximum atomic E-state index is 13.4. The Hall–Kier alpha value is -3.03. The minimum absolute atomic E-state index is 0.152. The number of aromatic nitrogens is 3. The Balaban J connectivity index is 1.52. The Morgan fingerprint density at radius 3 is 2.71 bits per heavy atom. The topological polar surface area (TPSA) is 74.1 Å². The molecule has 0 amide bonds. The van der Waals surface area contributed by atoms with Crippen LogP contribution in [0.4, 0.5) is 0 Å². The Kier molecular flexibility index (Phi) is 6.23. The van der Waals surface area contributed by atoms with E-state index in [1.807, 2.05) is 55.5 Å². The number of nitrogens with zero attached hydrogens (tertiary/aromatic N) is 3. The first-order chi connectivity index (χ1) is 16.4. The van der Waals surface area contributed by atoms with E-state index in [1.54, 1.807) is 4.57 Å². The molecule has 0 radical (unpaired) electrons. The van der Waals surface area contributed by atoms with Crippen LogP contribution in [0.1, 0.15) is 31.7 Å². The Labute approximate surface area is 206 Å². The van der Waals surface area contributed by atoms with Crippen molar-refractivity contribution >= 4 is 45.4 Å². The molecule has 0 aliphatic heterocycles. The number of fused-ring (bicyclic) bond motifs is 3. The second kappa shape index (κ2) is 9.31. The number of benzene rings is 2. The van der Waals surface area contributed by atoms with Gasteiger partial charge in [-0.05, 0) is 49.6 Å². The van der Waals surface area contributed by atoms with Crippen LogP contribution in [0.3, 0.4) is 0 Å². The zero-order valence-electron chi connectivity index (χ0n) is 19.2. The van der Waals surface area contributed by atoms with E-state index in [0.717, 1.165) is 28.8 Å². The maximum absolute atomic E-state index is 13.4. The molecule has 0 atom stereocenters. The van der Waals surface area contributed by atoms with Gasteiger partial charge in [-0.2, -0.15) is 0 Å². The highest BCUT2D eigenvalue weighted by atomic mass is 35.5. The van der Waals surface area contributed by atoms with Gasteiger partial charge in [-0.3, -0.25) is 9.36 Å². The predicted molar refractivity (Wildman–Crippen MR) is 136 cm³/mol. The van der Waals surface area contributed by atoms with E-state index in [1.165, 1.54) is 11.8 Å². The van der Waals surface area contributed by atoms with Crippen LogP contribution in [0.5, 0.6) is 0 Å². The minimum Gasteiger partial charge on any atom is -0.448 e. The summed E-state index contributed by atoms with van der Waals surface area (Å²) in [6.07, 6.45) is 0.864. The number of furan rings is 1. The molecule has 34 heavy (non-hydrogen) atoms. The first-order valence-electron chi connectivity index (χ1n) is 11.2. The highest BCUT2D eigenvalue weighted by molar-refractivity contribution is 7.98. The molecule has 0 saturated heterocycles. The lowest BCUT2D eigenvalue weighted by atomic mass is 10.1. The molecule has 0 fully saturated rings. The van der Waals surface area contributed by atoms with Crippen molar-refractivity contribution < 1.29 is 8.83 Å². The number of rotatable bonds is 7. The predicted octanol–water partition coefficient (Wildman–Crippen LogP) is 7.10. The van der Waals surface area contributed by atoms with Crippen LogP contribution < -0.4 is 5.56 Å². The van der Waals surface area contributed by atoms with Gasteiger partial charge >= 0.3 is 0 Å². The van der Waals surface area contributed by atoms with Crippen molar-refractivity contribution in [3.05, 3.63) is 75.4 Å². The van der Waals surface area contributed by atoms with Gasteiger partial charge in [-0.1, -0.05) is 55.4 Å². The highest BCUT2D eigenvalue weighted by Crippen LogP contribution is 2.31. The molecule has 8 heteroatoms. The molecule has 174 valence electrons. The summed E-state index contributed by atoms with van der Waals surface area (Å²) < 4.78 is 13.5. The van der Waals surface area contributed by atoms with Gasteiger partial charge in [-0.25, -0.2) is 9.97 Å². The number of halogens is 1. The van der Waals surface area contributed by atoms with Crippen LogP contribution in [-0.2, 0) is 12.3 Å². The van der Waals surface area contributed by atoms with E-state index in [4.69, 9.17) is 25.4 Å². The summed E-state index contributed by atoms with van der Waals surface area (Å²) in [5.41, 5.74) is 3.04. The molecule has 6 nitrogen and oxygen atoms in total. The molecular formula is C26H24ClN3O3S. The zero-order valence-corrected chi connectivity index (χ0v) is 20.7. The van der Waals surface area contributed by atoms with Crippen molar-refractivity contribution in [3.8, 4) is 11.5 Å². The van der Waals surface area contributed by atoms with Crippen LogP contribution in [0, 0.1) is 12.8 Å². The summed E-state index contributed by atoms with van der Waals surface area (Å²) in [6, 6.07) is 15.0. The van der Waals surface area contributed by atoms with E-state index >= 15 is 0 Å². The van der Waals surface area contributed by atoms with Gasteiger partial charge in [-0.15, -0.1) is 0 Å². The van der Waals surface area contributed by atoms with Crippen molar-refractivity contribution in [1.29, 1.82) is 0 Å². The third-order valence-electron chi connectivity index (χ3n) is 5.68. The van der Waals surface area contributed by atoms with Crippen molar-refractivity contribution in [2.24, 2.45) is 5.92 Å². The average Bonchev–Trinajstić information content (AvgIpc) is 3.37. The molecule has 5 aromatic rings. The Bertz CT molecular complexity index is 1550. The van der Waals surface area contributed by atoms with Gasteiger partial charge in [0, 0.05) is 28.3 Å². The third kappa shape index (κ3) is 4.38. The van der Waals surface area contributed by atoms with Crippen LogP contribution in [0.25, 0.3) is 33.5 Å². The molecule has 0 saturated carbocycles. The lowest BCUT2D eigenvalue weighted by Gasteiger charge is -2.12. The molecule has 0 unspecified atom stereocenters. The maximum Gasteiger partial charge on any atom is 0.297 e. The number of aryl methyl sites for hydroxylation is 1. The fourth-order valence-electron chi connectivity index (χ4n) is 3.79. The fourth-order valence-corrected chi connectivity index (χ4v) is 5.00. The monoisotopic (exact) mass is 493 g/mol. The minimum atomic E-state index is -0.152. The first kappa shape index (κ1) is 22.7. The van der Waals surface area contributed by atoms with Crippen molar-refractivity contribution in [2.45, 2.75) is 44.6 Å². The molecule has 0 aliphatic carbocycles. The summed E-state index contributed by atoms with van der Waals surface area (Å²) in [5, 5.41) is 2.12. The van der Waals surface area contributed by atoms with Gasteiger partial charge in [0.15, 0.2) is 5.16 Å². The summed E-state index contributed by atoms with van der Waals surface area (Å²) >= 11 is 7.60. The largest absolute Gasteiger partial charge is 0.448 e. The molecule has 0 N–H and O–H groups in total. The Morgan fingerprint density at radius 1 is 1.09 bits per heavy atom. The normalized spacial score (nSPS) is 11.8. The van der Waals surface area contributed by atoms with Gasteiger partial charge < -0.3 is 8.83 Å². The lowest BCUT2D eigenvalue weighted by molar-refractivity contribution is 0.476. The number of hydrogen-bond acceptors (Lipinski definition) is 6. The van der Waals surface area contributed by atoms with E-state index in [-0.39, 0.29) is 5.56 Å². The zero-order chi connectivity index (χ0) is 23.8. The lowest BCUT2D eigenvalue weighted by Crippen LogP contribution is -2.23. The fraction of sp³-hybridized carbons (Fsp3) is 0.269. The average molecular weight is 494 g/mol. The van der Waals surface area contributed by atoms with Gasteiger partial charge in [0.1, 0.15) is 16.9 Å². The van der Waals surface area contributed by atoms with Crippen LogP contribution in [0.2, 0.25) is 5.02 Å². The molecule has 0 aliphatic rings. The number of thioether (sulfide) groups is 1. The highest BCUT2D eigenvalue weighted by Gasteiger charge is 2.19. The summed E-state index contributed by atoms with van der Waals surface area (Å²) in [4.78, 5) is 23.0. The van der Waals surface area contributed by atoms with E-state index in [9.17, 15) is 4.79 Å². The summed E-state index contributed by atoms with van der Waals surface area (Å²) in [7, 11) is 0. The Morgan fingerprint density at radius 2 is 1.91 bits per heavy atom. The third-order valence-corrected chi connectivity index (χ3v) is 6.90.